The summed E-state index contributed by atoms with van der Waals surface area (Å²) in [6.45, 7) is 5.34. The van der Waals surface area contributed by atoms with Gasteiger partial charge in [0.05, 0.1) is 0 Å². The van der Waals surface area contributed by atoms with Crippen LogP contribution >= 0.6 is 0 Å². The Morgan fingerprint density at radius 1 is 1.19 bits per heavy atom. The molecule has 8 nitrogen and oxygen atoms in total. The monoisotopic (exact) mass is 368 g/mol. The van der Waals surface area contributed by atoms with Gasteiger partial charge < -0.3 is 20.9 Å². The molecule has 1 unspecified atom stereocenters. The highest BCUT2D eigenvalue weighted by molar-refractivity contribution is 5.98. The Balaban J connectivity index is 1.82. The average Bonchev–Trinajstić information content (AvgIpc) is 2.60. The lowest BCUT2D eigenvalue weighted by Gasteiger charge is -2.38. The van der Waals surface area contributed by atoms with Gasteiger partial charge in [0, 0.05) is 42.6 Å². The van der Waals surface area contributed by atoms with Crippen molar-refractivity contribution in [2.45, 2.75) is 19.9 Å². The minimum Gasteiger partial charge on any atom is -0.368 e. The largest absolute Gasteiger partial charge is 0.368 e. The fraction of sp³-hybridized carbons (Fsp3) is 0.368. The first-order valence-electron chi connectivity index (χ1n) is 8.81. The standard InChI is InChI=1S/C19H24N6O2/c1-12-9-17(22-13(2)21-12)23-15-6-4-5-14(10-15)19(27)25-8-7-24(3)11-16(25)18(20)26/h4-6,9-10,16H,7-8,11H2,1-3H3,(H2,20,26)(H,21,22,23). The Hall–Kier alpha value is -3.00. The van der Waals surface area contributed by atoms with Gasteiger partial charge >= 0.3 is 0 Å². The number of primary amides is 1. The summed E-state index contributed by atoms with van der Waals surface area (Å²) < 4.78 is 0. The maximum absolute atomic E-state index is 13.0. The predicted molar refractivity (Wildman–Crippen MR) is 103 cm³/mol. The molecule has 0 bridgehead atoms. The van der Waals surface area contributed by atoms with Gasteiger partial charge in [-0.2, -0.15) is 0 Å². The summed E-state index contributed by atoms with van der Waals surface area (Å²) in [7, 11) is 1.91. The number of aryl methyl sites for hydroxylation is 2. The Morgan fingerprint density at radius 2 is 1.96 bits per heavy atom. The van der Waals surface area contributed by atoms with Gasteiger partial charge in [-0.05, 0) is 39.1 Å². The lowest BCUT2D eigenvalue weighted by Crippen LogP contribution is -2.59. The maximum atomic E-state index is 13.0. The molecule has 0 spiro atoms. The van der Waals surface area contributed by atoms with E-state index in [0.29, 0.717) is 36.8 Å². The summed E-state index contributed by atoms with van der Waals surface area (Å²) in [5.41, 5.74) is 7.61. The van der Waals surface area contributed by atoms with Crippen LogP contribution < -0.4 is 11.1 Å². The van der Waals surface area contributed by atoms with Gasteiger partial charge in [-0.15, -0.1) is 0 Å². The Morgan fingerprint density at radius 3 is 2.67 bits per heavy atom. The second-order valence-electron chi connectivity index (χ2n) is 6.83. The average molecular weight is 368 g/mol. The number of benzene rings is 1. The summed E-state index contributed by atoms with van der Waals surface area (Å²) in [6.07, 6.45) is 0. The van der Waals surface area contributed by atoms with Crippen molar-refractivity contribution in [2.75, 3.05) is 32.0 Å². The van der Waals surface area contributed by atoms with E-state index in [4.69, 9.17) is 5.73 Å². The third kappa shape index (κ3) is 4.40. The van der Waals surface area contributed by atoms with E-state index in [1.54, 1.807) is 23.1 Å². The zero-order valence-corrected chi connectivity index (χ0v) is 15.8. The lowest BCUT2D eigenvalue weighted by molar-refractivity contribution is -0.124. The van der Waals surface area contributed by atoms with E-state index >= 15 is 0 Å². The third-order valence-corrected chi connectivity index (χ3v) is 4.52. The number of aromatic nitrogens is 2. The molecule has 1 fully saturated rings. The van der Waals surface area contributed by atoms with Gasteiger partial charge in [0.25, 0.3) is 5.91 Å². The van der Waals surface area contributed by atoms with Crippen molar-refractivity contribution in [3.63, 3.8) is 0 Å². The van der Waals surface area contributed by atoms with Gasteiger partial charge in [-0.25, -0.2) is 9.97 Å². The highest BCUT2D eigenvalue weighted by Gasteiger charge is 2.33. The lowest BCUT2D eigenvalue weighted by atomic mass is 10.1. The van der Waals surface area contributed by atoms with E-state index in [0.717, 1.165) is 11.4 Å². The summed E-state index contributed by atoms with van der Waals surface area (Å²) in [6, 6.07) is 8.36. The number of rotatable bonds is 4. The van der Waals surface area contributed by atoms with Crippen molar-refractivity contribution in [2.24, 2.45) is 5.73 Å². The van der Waals surface area contributed by atoms with Crippen molar-refractivity contribution in [1.29, 1.82) is 0 Å². The molecular formula is C19H24N6O2. The second kappa shape index (κ2) is 7.71. The van der Waals surface area contributed by atoms with Crippen LogP contribution in [-0.4, -0.2) is 64.3 Å². The molecular weight excluding hydrogens is 344 g/mol. The highest BCUT2D eigenvalue weighted by Crippen LogP contribution is 2.20. The molecule has 27 heavy (non-hydrogen) atoms. The van der Waals surface area contributed by atoms with Crippen molar-refractivity contribution in [3.05, 3.63) is 47.4 Å². The fourth-order valence-corrected chi connectivity index (χ4v) is 3.23. The number of nitrogens with one attached hydrogen (secondary N) is 1. The number of hydrogen-bond acceptors (Lipinski definition) is 6. The number of nitrogens with zero attached hydrogens (tertiary/aromatic N) is 4. The first-order chi connectivity index (χ1) is 12.8. The molecule has 0 saturated carbocycles. The molecule has 0 radical (unpaired) electrons. The number of carbonyl (C=O) groups is 2. The number of likely N-dealkylation sites (N-methyl/N-ethyl adjacent to an activating group) is 1. The van der Waals surface area contributed by atoms with E-state index in [1.165, 1.54) is 0 Å². The van der Waals surface area contributed by atoms with Gasteiger partial charge in [0.15, 0.2) is 0 Å². The normalized spacial score (nSPS) is 17.6. The molecule has 2 heterocycles. The zero-order chi connectivity index (χ0) is 19.6. The highest BCUT2D eigenvalue weighted by atomic mass is 16.2. The summed E-state index contributed by atoms with van der Waals surface area (Å²) >= 11 is 0. The van der Waals surface area contributed by atoms with Crippen LogP contribution in [0.1, 0.15) is 21.9 Å². The first-order valence-corrected chi connectivity index (χ1v) is 8.81. The number of hydrogen-bond donors (Lipinski definition) is 2. The molecule has 2 aromatic rings. The molecule has 8 heteroatoms. The Bertz CT molecular complexity index is 849. The summed E-state index contributed by atoms with van der Waals surface area (Å²) in [5, 5.41) is 3.20. The first kappa shape index (κ1) is 18.8. The molecule has 1 saturated heterocycles. The van der Waals surface area contributed by atoms with Gasteiger partial charge in [0.2, 0.25) is 5.91 Å². The molecule has 1 aromatic carbocycles. The van der Waals surface area contributed by atoms with Crippen molar-refractivity contribution in [3.8, 4) is 0 Å². The van der Waals surface area contributed by atoms with Crippen LogP contribution in [-0.2, 0) is 4.79 Å². The minimum absolute atomic E-state index is 0.203. The van der Waals surface area contributed by atoms with E-state index in [1.807, 2.05) is 37.9 Å². The molecule has 3 rings (SSSR count). The number of carbonyl (C=O) groups excluding carboxylic acids is 2. The number of amides is 2. The van der Waals surface area contributed by atoms with Crippen LogP contribution in [0.15, 0.2) is 30.3 Å². The Labute approximate surface area is 158 Å². The molecule has 2 amide bonds. The van der Waals surface area contributed by atoms with Gasteiger partial charge in [-0.1, -0.05) is 6.07 Å². The van der Waals surface area contributed by atoms with E-state index in [2.05, 4.69) is 15.3 Å². The molecule has 1 aromatic heterocycles. The van der Waals surface area contributed by atoms with Crippen molar-refractivity contribution >= 4 is 23.3 Å². The molecule has 1 atom stereocenters. The van der Waals surface area contributed by atoms with Gasteiger partial charge in [0.1, 0.15) is 17.7 Å². The summed E-state index contributed by atoms with van der Waals surface area (Å²) in [5.74, 6) is 0.646. The SMILES string of the molecule is Cc1cc(Nc2cccc(C(=O)N3CCN(C)CC3C(N)=O)c2)nc(C)n1. The van der Waals surface area contributed by atoms with Crippen LogP contribution in [0.5, 0.6) is 0 Å². The quantitative estimate of drug-likeness (QED) is 0.837. The van der Waals surface area contributed by atoms with Crippen LogP contribution in [0.4, 0.5) is 11.5 Å². The number of anilines is 2. The Kier molecular flexibility index (Phi) is 5.36. The number of piperazine rings is 1. The summed E-state index contributed by atoms with van der Waals surface area (Å²) in [4.78, 5) is 36.9. The third-order valence-electron chi connectivity index (χ3n) is 4.52. The smallest absolute Gasteiger partial charge is 0.254 e. The van der Waals surface area contributed by atoms with Crippen LogP contribution in [0, 0.1) is 13.8 Å². The van der Waals surface area contributed by atoms with E-state index < -0.39 is 11.9 Å². The van der Waals surface area contributed by atoms with Crippen molar-refractivity contribution in [1.82, 2.24) is 19.8 Å². The minimum atomic E-state index is -0.625. The zero-order valence-electron chi connectivity index (χ0n) is 15.8. The predicted octanol–water partition coefficient (Wildman–Crippen LogP) is 1.08. The second-order valence-corrected chi connectivity index (χ2v) is 6.83. The number of nitrogens with two attached hydrogens (primary N) is 1. The molecule has 0 aliphatic carbocycles. The van der Waals surface area contributed by atoms with Gasteiger partial charge in [-0.3, -0.25) is 9.59 Å². The van der Waals surface area contributed by atoms with Crippen LogP contribution in [0.2, 0.25) is 0 Å². The molecule has 142 valence electrons. The molecule has 1 aliphatic rings. The fourth-order valence-electron chi connectivity index (χ4n) is 3.23. The topological polar surface area (TPSA) is 104 Å². The van der Waals surface area contributed by atoms with E-state index in [-0.39, 0.29) is 5.91 Å². The maximum Gasteiger partial charge on any atom is 0.254 e. The van der Waals surface area contributed by atoms with E-state index in [9.17, 15) is 9.59 Å². The van der Waals surface area contributed by atoms with Crippen LogP contribution in [0.25, 0.3) is 0 Å². The molecule has 3 N–H and O–H groups in total. The van der Waals surface area contributed by atoms with Crippen molar-refractivity contribution < 1.29 is 9.59 Å². The van der Waals surface area contributed by atoms with Crippen LogP contribution in [0.3, 0.4) is 0 Å². The molecule has 1 aliphatic heterocycles.